The maximum atomic E-state index is 13.8. The Hall–Kier alpha value is -2.57. The number of benzene rings is 2. The summed E-state index contributed by atoms with van der Waals surface area (Å²) in [4.78, 5) is 12.1. The van der Waals surface area contributed by atoms with Gasteiger partial charge < -0.3 is 0 Å². The van der Waals surface area contributed by atoms with Crippen molar-refractivity contribution in [1.29, 1.82) is 0 Å². The van der Waals surface area contributed by atoms with E-state index in [2.05, 4.69) is 0 Å². The van der Waals surface area contributed by atoms with Crippen molar-refractivity contribution in [2.75, 3.05) is 0 Å². The van der Waals surface area contributed by atoms with Crippen molar-refractivity contribution >= 4 is 11.9 Å². The van der Waals surface area contributed by atoms with Gasteiger partial charge in [0.1, 0.15) is 17.5 Å². The average molecular weight is 358 g/mol. The number of rotatable bonds is 4. The van der Waals surface area contributed by atoms with Crippen molar-refractivity contribution in [2.45, 2.75) is 19.5 Å². The summed E-state index contributed by atoms with van der Waals surface area (Å²) in [6, 6.07) is 5.44. The van der Waals surface area contributed by atoms with Gasteiger partial charge in [-0.3, -0.25) is 4.79 Å². The third-order valence-corrected chi connectivity index (χ3v) is 3.37. The van der Waals surface area contributed by atoms with Crippen LogP contribution in [0.15, 0.2) is 36.4 Å². The highest BCUT2D eigenvalue weighted by Crippen LogP contribution is 2.23. The maximum absolute atomic E-state index is 13.8. The summed E-state index contributed by atoms with van der Waals surface area (Å²) in [5.74, 6) is -3.94. The first-order chi connectivity index (χ1) is 11.6. The Morgan fingerprint density at radius 3 is 2.12 bits per heavy atom. The topological polar surface area (TPSA) is 17.1 Å². The van der Waals surface area contributed by atoms with Gasteiger partial charge in [0.25, 0.3) is 0 Å². The molecule has 0 radical (unpaired) electrons. The molecule has 0 bridgehead atoms. The number of halogens is 6. The first-order valence-electron chi connectivity index (χ1n) is 7.10. The summed E-state index contributed by atoms with van der Waals surface area (Å²) >= 11 is 0. The molecule has 0 fully saturated rings. The summed E-state index contributed by atoms with van der Waals surface area (Å²) in [6.07, 6.45) is -5.22. The third-order valence-electron chi connectivity index (χ3n) is 3.37. The second-order valence-corrected chi connectivity index (χ2v) is 5.43. The molecule has 0 aromatic heterocycles. The zero-order chi connectivity index (χ0) is 18.8. The lowest BCUT2D eigenvalue weighted by Crippen LogP contribution is -2.08. The Morgan fingerprint density at radius 2 is 1.60 bits per heavy atom. The van der Waals surface area contributed by atoms with E-state index in [0.29, 0.717) is 5.56 Å². The molecule has 0 saturated heterocycles. The molecule has 0 amide bonds. The minimum atomic E-state index is -4.71. The van der Waals surface area contributed by atoms with Gasteiger partial charge in [0.15, 0.2) is 5.78 Å². The van der Waals surface area contributed by atoms with Gasteiger partial charge in [-0.25, -0.2) is 13.2 Å². The van der Waals surface area contributed by atoms with E-state index in [4.69, 9.17) is 0 Å². The molecule has 0 saturated carbocycles. The van der Waals surface area contributed by atoms with Gasteiger partial charge in [0, 0.05) is 18.1 Å². The highest BCUT2D eigenvalue weighted by Gasteiger charge is 2.23. The molecule has 0 spiro atoms. The number of carbonyl (C=O) groups excluding carboxylic acids is 1. The van der Waals surface area contributed by atoms with E-state index in [1.165, 1.54) is 12.1 Å². The Balaban J connectivity index is 2.26. The lowest BCUT2D eigenvalue weighted by Gasteiger charge is -2.07. The zero-order valence-corrected chi connectivity index (χ0v) is 12.9. The van der Waals surface area contributed by atoms with E-state index in [-0.39, 0.29) is 23.3 Å². The van der Waals surface area contributed by atoms with Crippen LogP contribution in [0.1, 0.15) is 27.0 Å². The van der Waals surface area contributed by atoms with Crippen LogP contribution in [-0.2, 0) is 6.42 Å². The van der Waals surface area contributed by atoms with Gasteiger partial charge in [-0.05, 0) is 48.4 Å². The summed E-state index contributed by atoms with van der Waals surface area (Å²) in [5.41, 5.74) is -0.599. The van der Waals surface area contributed by atoms with Gasteiger partial charge in [0.05, 0.1) is 5.56 Å². The lowest BCUT2D eigenvalue weighted by atomic mass is 10.00. The molecule has 0 aliphatic carbocycles. The van der Waals surface area contributed by atoms with E-state index in [0.717, 1.165) is 18.2 Å². The highest BCUT2D eigenvalue weighted by molar-refractivity contribution is 5.97. The smallest absolute Gasteiger partial charge is 0.294 e. The molecule has 0 aliphatic heterocycles. The first kappa shape index (κ1) is 18.8. The largest absolute Gasteiger partial charge is 0.409 e. The number of Topliss-reactive ketones (excluding diaryl/α,β-unsaturated/α-hetero) is 1. The number of alkyl halides is 3. The normalized spacial score (nSPS) is 12.0. The average Bonchev–Trinajstić information content (AvgIpc) is 2.44. The van der Waals surface area contributed by atoms with E-state index in [1.54, 1.807) is 6.92 Å². The van der Waals surface area contributed by atoms with Crippen LogP contribution in [0.4, 0.5) is 26.3 Å². The number of aryl methyl sites for hydroxylation is 1. The molecular weight excluding hydrogens is 346 g/mol. The molecule has 0 N–H and O–H groups in total. The maximum Gasteiger partial charge on any atom is 0.409 e. The van der Waals surface area contributed by atoms with E-state index >= 15 is 0 Å². The summed E-state index contributed by atoms with van der Waals surface area (Å²) < 4.78 is 77.7. The Kier molecular flexibility index (Phi) is 5.35. The van der Waals surface area contributed by atoms with Crippen LogP contribution in [0.25, 0.3) is 6.08 Å². The molecule has 0 heterocycles. The first-order valence-corrected chi connectivity index (χ1v) is 7.10. The van der Waals surface area contributed by atoms with E-state index < -0.39 is 41.4 Å². The molecular formula is C18H12F6O. The van der Waals surface area contributed by atoms with E-state index in [9.17, 15) is 31.1 Å². The van der Waals surface area contributed by atoms with Crippen molar-refractivity contribution in [3.8, 4) is 0 Å². The van der Waals surface area contributed by atoms with E-state index in [1.807, 2.05) is 0 Å². The monoisotopic (exact) mass is 358 g/mol. The predicted molar refractivity (Wildman–Crippen MR) is 80.6 cm³/mol. The van der Waals surface area contributed by atoms with Crippen molar-refractivity contribution in [3.63, 3.8) is 0 Å². The number of allylic oxidation sites excluding steroid dienone is 1. The fourth-order valence-corrected chi connectivity index (χ4v) is 2.20. The second-order valence-electron chi connectivity index (χ2n) is 5.43. The number of ketones is 1. The highest BCUT2D eigenvalue weighted by atomic mass is 19.4. The van der Waals surface area contributed by atoms with Crippen molar-refractivity contribution < 1.29 is 31.1 Å². The minimum absolute atomic E-state index is 0.107. The summed E-state index contributed by atoms with van der Waals surface area (Å²) in [7, 11) is 0. The van der Waals surface area contributed by atoms with Crippen molar-refractivity contribution in [2.24, 2.45) is 0 Å². The summed E-state index contributed by atoms with van der Waals surface area (Å²) in [6.45, 7) is 1.63. The van der Waals surface area contributed by atoms with Crippen LogP contribution in [0.2, 0.25) is 0 Å². The molecule has 0 aliphatic rings. The SMILES string of the molecule is Cc1ccc(C(=O)Cc2cc(F)c(/C=C/C(F)(F)F)c(F)c2)c(F)c1. The van der Waals surface area contributed by atoms with Crippen LogP contribution < -0.4 is 0 Å². The fraction of sp³-hybridized carbons (Fsp3) is 0.167. The molecule has 0 unspecified atom stereocenters. The van der Waals surface area contributed by atoms with Gasteiger partial charge in [-0.15, -0.1) is 0 Å². The van der Waals surface area contributed by atoms with Gasteiger partial charge in [0.2, 0.25) is 0 Å². The van der Waals surface area contributed by atoms with Gasteiger partial charge in [-0.1, -0.05) is 6.07 Å². The zero-order valence-electron chi connectivity index (χ0n) is 12.9. The van der Waals surface area contributed by atoms with Gasteiger partial charge >= 0.3 is 6.18 Å². The number of hydrogen-bond donors (Lipinski definition) is 0. The molecule has 2 aromatic carbocycles. The van der Waals surface area contributed by atoms with Crippen molar-refractivity contribution in [3.05, 3.63) is 76.1 Å². The predicted octanol–water partition coefficient (Wildman–Crippen LogP) is 5.41. The number of carbonyl (C=O) groups is 1. The molecule has 2 rings (SSSR count). The minimum Gasteiger partial charge on any atom is -0.294 e. The summed E-state index contributed by atoms with van der Waals surface area (Å²) in [5, 5.41) is 0. The molecule has 0 atom stereocenters. The molecule has 132 valence electrons. The van der Waals surface area contributed by atoms with Crippen LogP contribution in [0, 0.1) is 24.4 Å². The van der Waals surface area contributed by atoms with Crippen LogP contribution in [-0.4, -0.2) is 12.0 Å². The van der Waals surface area contributed by atoms with Crippen molar-refractivity contribution in [1.82, 2.24) is 0 Å². The van der Waals surface area contributed by atoms with Crippen LogP contribution in [0.3, 0.4) is 0 Å². The second kappa shape index (κ2) is 7.13. The Bertz CT molecular complexity index is 813. The van der Waals surface area contributed by atoms with Gasteiger partial charge in [-0.2, -0.15) is 13.2 Å². The Labute approximate surface area is 139 Å². The third kappa shape index (κ3) is 4.95. The molecule has 25 heavy (non-hydrogen) atoms. The fourth-order valence-electron chi connectivity index (χ4n) is 2.20. The number of hydrogen-bond acceptors (Lipinski definition) is 1. The lowest BCUT2D eigenvalue weighted by molar-refractivity contribution is -0.0790. The molecule has 7 heteroatoms. The molecule has 1 nitrogen and oxygen atoms in total. The quantitative estimate of drug-likeness (QED) is 0.527. The molecule has 2 aromatic rings. The Morgan fingerprint density at radius 1 is 1.00 bits per heavy atom. The standard InChI is InChI=1S/C18H12F6O/c1-10-2-3-13(14(19)6-10)17(25)9-11-7-15(20)12(16(21)8-11)4-5-18(22,23)24/h2-8H,9H2,1H3/b5-4+. The van der Waals surface area contributed by atoms with Crippen LogP contribution in [0.5, 0.6) is 0 Å². The van der Waals surface area contributed by atoms with Crippen LogP contribution >= 0.6 is 0 Å².